The van der Waals surface area contributed by atoms with Gasteiger partial charge in [-0.05, 0) is 12.1 Å². The summed E-state index contributed by atoms with van der Waals surface area (Å²) in [4.78, 5) is 13.0. The summed E-state index contributed by atoms with van der Waals surface area (Å²) in [7, 11) is 0. The standard InChI is InChI=1S/C8H5BrN2O2/c9-6-1-2-7(11(12)13)8-5(6)3-4-10-8/h1-4,10H. The van der Waals surface area contributed by atoms with Gasteiger partial charge in [-0.25, -0.2) is 0 Å². The monoisotopic (exact) mass is 240 g/mol. The molecule has 0 spiro atoms. The molecule has 66 valence electrons. The van der Waals surface area contributed by atoms with E-state index in [0.29, 0.717) is 5.52 Å². The summed E-state index contributed by atoms with van der Waals surface area (Å²) in [6.07, 6.45) is 1.68. The van der Waals surface area contributed by atoms with Crippen LogP contribution in [0.25, 0.3) is 10.9 Å². The van der Waals surface area contributed by atoms with Crippen LogP contribution in [0.4, 0.5) is 5.69 Å². The number of hydrogen-bond acceptors (Lipinski definition) is 2. The Labute approximate surface area is 81.8 Å². The highest BCUT2D eigenvalue weighted by Crippen LogP contribution is 2.29. The Morgan fingerprint density at radius 2 is 2.15 bits per heavy atom. The lowest BCUT2D eigenvalue weighted by molar-refractivity contribution is -0.383. The van der Waals surface area contributed by atoms with Crippen molar-refractivity contribution in [2.75, 3.05) is 0 Å². The van der Waals surface area contributed by atoms with Crippen molar-refractivity contribution >= 4 is 32.5 Å². The predicted octanol–water partition coefficient (Wildman–Crippen LogP) is 2.84. The number of nitrogens with one attached hydrogen (secondary N) is 1. The summed E-state index contributed by atoms with van der Waals surface area (Å²) >= 11 is 3.32. The van der Waals surface area contributed by atoms with Crippen LogP contribution >= 0.6 is 15.9 Å². The average molecular weight is 241 g/mol. The lowest BCUT2D eigenvalue weighted by atomic mass is 10.2. The highest BCUT2D eigenvalue weighted by Gasteiger charge is 2.13. The maximum Gasteiger partial charge on any atom is 0.293 e. The molecule has 0 aliphatic carbocycles. The number of aromatic amines is 1. The third-order valence-electron chi connectivity index (χ3n) is 1.84. The number of halogens is 1. The molecule has 0 aliphatic rings. The molecule has 5 heteroatoms. The normalized spacial score (nSPS) is 10.5. The van der Waals surface area contributed by atoms with Crippen LogP contribution in [0, 0.1) is 10.1 Å². The van der Waals surface area contributed by atoms with E-state index in [1.807, 2.05) is 0 Å². The first kappa shape index (κ1) is 8.25. The minimum Gasteiger partial charge on any atom is -0.356 e. The van der Waals surface area contributed by atoms with E-state index >= 15 is 0 Å². The first-order valence-electron chi connectivity index (χ1n) is 3.60. The molecule has 0 fully saturated rings. The van der Waals surface area contributed by atoms with Crippen molar-refractivity contribution in [2.45, 2.75) is 0 Å². The van der Waals surface area contributed by atoms with Crippen molar-refractivity contribution in [1.82, 2.24) is 4.98 Å². The Bertz CT molecular complexity index is 478. The molecular weight excluding hydrogens is 236 g/mol. The van der Waals surface area contributed by atoms with Gasteiger partial charge < -0.3 is 4.98 Å². The molecule has 0 saturated heterocycles. The first-order chi connectivity index (χ1) is 6.20. The molecule has 13 heavy (non-hydrogen) atoms. The van der Waals surface area contributed by atoms with Gasteiger partial charge in [0.05, 0.1) is 4.92 Å². The van der Waals surface area contributed by atoms with E-state index in [2.05, 4.69) is 20.9 Å². The Morgan fingerprint density at radius 3 is 2.85 bits per heavy atom. The molecule has 1 aromatic carbocycles. The number of benzene rings is 1. The number of non-ortho nitro benzene ring substituents is 1. The molecule has 0 aliphatic heterocycles. The van der Waals surface area contributed by atoms with Crippen LogP contribution in [0.3, 0.4) is 0 Å². The van der Waals surface area contributed by atoms with Gasteiger partial charge >= 0.3 is 0 Å². The minimum atomic E-state index is -0.398. The van der Waals surface area contributed by atoms with Crippen LogP contribution in [-0.4, -0.2) is 9.91 Å². The van der Waals surface area contributed by atoms with Gasteiger partial charge in [-0.15, -0.1) is 0 Å². The van der Waals surface area contributed by atoms with Crippen LogP contribution < -0.4 is 0 Å². The molecule has 0 radical (unpaired) electrons. The average Bonchev–Trinajstić information content (AvgIpc) is 2.53. The van der Waals surface area contributed by atoms with Gasteiger partial charge in [0.15, 0.2) is 0 Å². The van der Waals surface area contributed by atoms with Gasteiger partial charge in [0.2, 0.25) is 0 Å². The van der Waals surface area contributed by atoms with Gasteiger partial charge in [-0.3, -0.25) is 10.1 Å². The maximum atomic E-state index is 10.6. The van der Waals surface area contributed by atoms with E-state index in [1.54, 1.807) is 18.3 Å². The van der Waals surface area contributed by atoms with Gasteiger partial charge in [-0.2, -0.15) is 0 Å². The highest BCUT2D eigenvalue weighted by atomic mass is 79.9. The van der Waals surface area contributed by atoms with Crippen molar-refractivity contribution < 1.29 is 4.92 Å². The summed E-state index contributed by atoms with van der Waals surface area (Å²) in [5.74, 6) is 0. The summed E-state index contributed by atoms with van der Waals surface area (Å²) in [6, 6.07) is 4.95. The van der Waals surface area contributed by atoms with E-state index in [1.165, 1.54) is 6.07 Å². The first-order valence-corrected chi connectivity index (χ1v) is 4.39. The van der Waals surface area contributed by atoms with Crippen molar-refractivity contribution in [1.29, 1.82) is 0 Å². The van der Waals surface area contributed by atoms with Crippen LogP contribution in [0.2, 0.25) is 0 Å². The summed E-state index contributed by atoms with van der Waals surface area (Å²) in [5.41, 5.74) is 0.655. The second kappa shape index (κ2) is 2.85. The predicted molar refractivity (Wildman–Crippen MR) is 52.7 cm³/mol. The molecule has 1 aromatic heterocycles. The Kier molecular flexibility index (Phi) is 1.81. The van der Waals surface area contributed by atoms with E-state index in [4.69, 9.17) is 0 Å². The second-order valence-corrected chi connectivity index (χ2v) is 3.44. The Balaban J connectivity index is 2.86. The third-order valence-corrected chi connectivity index (χ3v) is 2.54. The van der Waals surface area contributed by atoms with E-state index in [9.17, 15) is 10.1 Å². The molecular formula is C8H5BrN2O2. The number of nitro groups is 1. The molecule has 0 bridgehead atoms. The van der Waals surface area contributed by atoms with Crippen LogP contribution in [0.1, 0.15) is 0 Å². The molecule has 2 rings (SSSR count). The minimum absolute atomic E-state index is 0.100. The highest BCUT2D eigenvalue weighted by molar-refractivity contribution is 9.10. The van der Waals surface area contributed by atoms with Crippen molar-refractivity contribution in [2.24, 2.45) is 0 Å². The number of rotatable bonds is 1. The smallest absolute Gasteiger partial charge is 0.293 e. The second-order valence-electron chi connectivity index (χ2n) is 2.59. The van der Waals surface area contributed by atoms with Gasteiger partial charge in [0.25, 0.3) is 5.69 Å². The fourth-order valence-corrected chi connectivity index (χ4v) is 1.72. The fourth-order valence-electron chi connectivity index (χ4n) is 1.26. The summed E-state index contributed by atoms with van der Waals surface area (Å²) in [5, 5.41) is 11.4. The maximum absolute atomic E-state index is 10.6. The number of H-pyrrole nitrogens is 1. The molecule has 0 saturated carbocycles. The zero-order chi connectivity index (χ0) is 9.42. The Hall–Kier alpha value is -1.36. The van der Waals surface area contributed by atoms with Crippen LogP contribution in [0.15, 0.2) is 28.9 Å². The molecule has 0 atom stereocenters. The molecule has 2 aromatic rings. The lowest BCUT2D eigenvalue weighted by Crippen LogP contribution is -1.88. The quantitative estimate of drug-likeness (QED) is 0.616. The summed E-state index contributed by atoms with van der Waals surface area (Å²) in [6.45, 7) is 0. The van der Waals surface area contributed by atoms with E-state index in [0.717, 1.165) is 9.86 Å². The number of fused-ring (bicyclic) bond motifs is 1. The Morgan fingerprint density at radius 1 is 1.38 bits per heavy atom. The molecule has 4 nitrogen and oxygen atoms in total. The number of aromatic nitrogens is 1. The zero-order valence-corrected chi connectivity index (χ0v) is 8.04. The number of nitrogens with zero attached hydrogens (tertiary/aromatic N) is 1. The third kappa shape index (κ3) is 1.21. The van der Waals surface area contributed by atoms with Crippen LogP contribution in [0.5, 0.6) is 0 Å². The fraction of sp³-hybridized carbons (Fsp3) is 0. The van der Waals surface area contributed by atoms with E-state index < -0.39 is 4.92 Å². The number of hydrogen-bond donors (Lipinski definition) is 1. The van der Waals surface area contributed by atoms with Crippen LogP contribution in [-0.2, 0) is 0 Å². The largest absolute Gasteiger partial charge is 0.356 e. The van der Waals surface area contributed by atoms with Gasteiger partial charge in [-0.1, -0.05) is 15.9 Å². The SMILES string of the molecule is O=[N+]([O-])c1ccc(Br)c2cc[nH]c12. The molecule has 0 unspecified atom stereocenters. The van der Waals surface area contributed by atoms with Gasteiger partial charge in [0.1, 0.15) is 5.52 Å². The van der Waals surface area contributed by atoms with Crippen molar-refractivity contribution in [3.63, 3.8) is 0 Å². The van der Waals surface area contributed by atoms with Crippen molar-refractivity contribution in [3.05, 3.63) is 39.0 Å². The van der Waals surface area contributed by atoms with E-state index in [-0.39, 0.29) is 5.69 Å². The summed E-state index contributed by atoms with van der Waals surface area (Å²) < 4.78 is 0.856. The zero-order valence-electron chi connectivity index (χ0n) is 6.45. The molecule has 1 heterocycles. The lowest BCUT2D eigenvalue weighted by Gasteiger charge is -1.95. The molecule has 1 N–H and O–H groups in total. The van der Waals surface area contributed by atoms with Crippen molar-refractivity contribution in [3.8, 4) is 0 Å². The molecule has 0 amide bonds. The number of nitro benzene ring substituents is 1. The van der Waals surface area contributed by atoms with Gasteiger partial charge in [0, 0.05) is 22.1 Å². The topological polar surface area (TPSA) is 58.9 Å².